The van der Waals surface area contributed by atoms with Gasteiger partial charge in [0.25, 0.3) is 0 Å². The molecule has 2 heteroatoms. The van der Waals surface area contributed by atoms with Crippen LogP contribution in [0, 0.1) is 5.41 Å². The lowest BCUT2D eigenvalue weighted by Gasteiger charge is -2.03. The lowest BCUT2D eigenvalue weighted by Crippen LogP contribution is -2.02. The third-order valence-electron chi connectivity index (χ3n) is 1.71. The number of Topliss-reactive ketones (excluding diaryl/α,β-unsaturated/α-hetero) is 1. The fourth-order valence-corrected chi connectivity index (χ4v) is 1.12. The van der Waals surface area contributed by atoms with Gasteiger partial charge in [0.1, 0.15) is 0 Å². The molecule has 0 unspecified atom stereocenters. The molecule has 1 N–H and O–H groups in total. The Morgan fingerprint density at radius 2 is 1.67 bits per heavy atom. The number of benzene rings is 1. The zero-order chi connectivity index (χ0) is 9.14. The first kappa shape index (κ1) is 8.65. The fourth-order valence-electron chi connectivity index (χ4n) is 1.12. The van der Waals surface area contributed by atoms with Gasteiger partial charge in [0.2, 0.25) is 0 Å². The van der Waals surface area contributed by atoms with Gasteiger partial charge in [-0.25, -0.2) is 0 Å². The first-order valence-electron chi connectivity index (χ1n) is 3.78. The summed E-state index contributed by atoms with van der Waals surface area (Å²) >= 11 is 0. The SMILES string of the molecule is CC(=N)c1ccccc1C(C)=O. The molecule has 0 aromatic heterocycles. The number of hydrogen-bond acceptors (Lipinski definition) is 2. The van der Waals surface area contributed by atoms with E-state index < -0.39 is 0 Å². The molecular formula is C10H11NO. The van der Waals surface area contributed by atoms with E-state index in [4.69, 9.17) is 5.41 Å². The second kappa shape index (κ2) is 3.30. The van der Waals surface area contributed by atoms with Crippen LogP contribution >= 0.6 is 0 Å². The van der Waals surface area contributed by atoms with Crippen LogP contribution < -0.4 is 0 Å². The highest BCUT2D eigenvalue weighted by atomic mass is 16.1. The van der Waals surface area contributed by atoms with Crippen LogP contribution in [-0.4, -0.2) is 11.5 Å². The van der Waals surface area contributed by atoms with Crippen LogP contribution in [0.1, 0.15) is 29.8 Å². The van der Waals surface area contributed by atoms with E-state index in [0.717, 1.165) is 5.56 Å². The van der Waals surface area contributed by atoms with Crippen molar-refractivity contribution in [3.8, 4) is 0 Å². The van der Waals surface area contributed by atoms with E-state index in [1.807, 2.05) is 12.1 Å². The first-order valence-corrected chi connectivity index (χ1v) is 3.78. The van der Waals surface area contributed by atoms with Gasteiger partial charge in [-0.05, 0) is 13.8 Å². The molecule has 0 heterocycles. The van der Waals surface area contributed by atoms with Crippen molar-refractivity contribution >= 4 is 11.5 Å². The lowest BCUT2D eigenvalue weighted by atomic mass is 10.0. The van der Waals surface area contributed by atoms with Crippen LogP contribution in [0.25, 0.3) is 0 Å². The molecule has 0 atom stereocenters. The van der Waals surface area contributed by atoms with Crippen molar-refractivity contribution in [3.05, 3.63) is 35.4 Å². The molecule has 2 nitrogen and oxygen atoms in total. The molecular weight excluding hydrogens is 150 g/mol. The average molecular weight is 161 g/mol. The van der Waals surface area contributed by atoms with E-state index in [0.29, 0.717) is 11.3 Å². The molecule has 0 aliphatic rings. The van der Waals surface area contributed by atoms with E-state index in [-0.39, 0.29) is 5.78 Å². The summed E-state index contributed by atoms with van der Waals surface area (Å²) in [5, 5.41) is 7.42. The van der Waals surface area contributed by atoms with Gasteiger partial charge in [-0.2, -0.15) is 0 Å². The van der Waals surface area contributed by atoms with Gasteiger partial charge in [-0.1, -0.05) is 24.3 Å². The molecule has 0 amide bonds. The second-order valence-electron chi connectivity index (χ2n) is 2.73. The first-order chi connectivity index (χ1) is 5.63. The summed E-state index contributed by atoms with van der Waals surface area (Å²) in [6.45, 7) is 3.20. The van der Waals surface area contributed by atoms with Crippen LogP contribution in [0.15, 0.2) is 24.3 Å². The minimum atomic E-state index is 0.0113. The summed E-state index contributed by atoms with van der Waals surface area (Å²) in [5.41, 5.74) is 1.79. The summed E-state index contributed by atoms with van der Waals surface area (Å²) in [6, 6.07) is 7.18. The monoisotopic (exact) mass is 161 g/mol. The quantitative estimate of drug-likeness (QED) is 0.524. The molecule has 0 spiro atoms. The predicted molar refractivity (Wildman–Crippen MR) is 48.9 cm³/mol. The molecule has 0 fully saturated rings. The van der Waals surface area contributed by atoms with Crippen molar-refractivity contribution in [1.82, 2.24) is 0 Å². The van der Waals surface area contributed by atoms with Crippen molar-refractivity contribution in [2.45, 2.75) is 13.8 Å². The standard InChI is InChI=1S/C10H11NO/c1-7(11)9-5-3-4-6-10(9)8(2)12/h3-6,11H,1-2H3. The Kier molecular flexibility index (Phi) is 2.38. The van der Waals surface area contributed by atoms with Gasteiger partial charge in [0, 0.05) is 16.8 Å². The Hall–Kier alpha value is -1.44. The minimum absolute atomic E-state index is 0.0113. The molecule has 0 saturated heterocycles. The Bertz CT molecular complexity index is 295. The highest BCUT2D eigenvalue weighted by molar-refractivity contribution is 6.08. The number of ketones is 1. The van der Waals surface area contributed by atoms with Gasteiger partial charge >= 0.3 is 0 Å². The Labute approximate surface area is 71.7 Å². The molecule has 0 aliphatic heterocycles. The lowest BCUT2D eigenvalue weighted by molar-refractivity contribution is 0.101. The Morgan fingerprint density at radius 3 is 2.00 bits per heavy atom. The number of nitrogens with one attached hydrogen (secondary N) is 1. The van der Waals surface area contributed by atoms with Crippen LogP contribution in [0.3, 0.4) is 0 Å². The number of carbonyl (C=O) groups is 1. The zero-order valence-electron chi connectivity index (χ0n) is 7.22. The minimum Gasteiger partial charge on any atom is -0.305 e. The second-order valence-corrected chi connectivity index (χ2v) is 2.73. The topological polar surface area (TPSA) is 40.9 Å². The molecule has 1 aromatic carbocycles. The number of carbonyl (C=O) groups excluding carboxylic acids is 1. The average Bonchev–Trinajstić information content (AvgIpc) is 2.04. The van der Waals surface area contributed by atoms with Crippen molar-refractivity contribution in [2.24, 2.45) is 0 Å². The number of hydrogen-bond donors (Lipinski definition) is 1. The smallest absolute Gasteiger partial charge is 0.160 e. The van der Waals surface area contributed by atoms with E-state index in [9.17, 15) is 4.79 Å². The van der Waals surface area contributed by atoms with Gasteiger partial charge in [0.15, 0.2) is 5.78 Å². The van der Waals surface area contributed by atoms with Gasteiger partial charge < -0.3 is 5.41 Å². The molecule has 1 aromatic rings. The van der Waals surface area contributed by atoms with Crippen molar-refractivity contribution < 1.29 is 4.79 Å². The summed E-state index contributed by atoms with van der Waals surface area (Å²) in [4.78, 5) is 11.1. The molecule has 0 radical (unpaired) electrons. The summed E-state index contributed by atoms with van der Waals surface area (Å²) < 4.78 is 0. The molecule has 12 heavy (non-hydrogen) atoms. The number of rotatable bonds is 2. The molecule has 62 valence electrons. The molecule has 0 bridgehead atoms. The summed E-state index contributed by atoms with van der Waals surface area (Å²) in [7, 11) is 0. The normalized spacial score (nSPS) is 9.50. The van der Waals surface area contributed by atoms with Crippen LogP contribution in [0.5, 0.6) is 0 Å². The molecule has 0 saturated carbocycles. The maximum absolute atomic E-state index is 11.1. The third kappa shape index (κ3) is 1.59. The largest absolute Gasteiger partial charge is 0.305 e. The third-order valence-corrected chi connectivity index (χ3v) is 1.71. The van der Waals surface area contributed by atoms with Gasteiger partial charge in [-0.15, -0.1) is 0 Å². The van der Waals surface area contributed by atoms with Gasteiger partial charge in [-0.3, -0.25) is 4.79 Å². The molecule has 1 rings (SSSR count). The predicted octanol–water partition coefficient (Wildman–Crippen LogP) is 2.28. The van der Waals surface area contributed by atoms with E-state index in [1.165, 1.54) is 6.92 Å². The summed E-state index contributed by atoms with van der Waals surface area (Å²) in [5.74, 6) is 0.0113. The van der Waals surface area contributed by atoms with Crippen molar-refractivity contribution in [3.63, 3.8) is 0 Å². The Morgan fingerprint density at radius 1 is 1.17 bits per heavy atom. The Balaban J connectivity index is 3.27. The maximum atomic E-state index is 11.1. The van der Waals surface area contributed by atoms with Gasteiger partial charge in [0.05, 0.1) is 0 Å². The molecule has 0 aliphatic carbocycles. The van der Waals surface area contributed by atoms with Crippen molar-refractivity contribution in [2.75, 3.05) is 0 Å². The zero-order valence-corrected chi connectivity index (χ0v) is 7.22. The van der Waals surface area contributed by atoms with Crippen LogP contribution in [0.4, 0.5) is 0 Å². The van der Waals surface area contributed by atoms with Crippen LogP contribution in [0.2, 0.25) is 0 Å². The van der Waals surface area contributed by atoms with Crippen LogP contribution in [-0.2, 0) is 0 Å². The fraction of sp³-hybridized carbons (Fsp3) is 0.200. The highest BCUT2D eigenvalue weighted by Gasteiger charge is 2.06. The van der Waals surface area contributed by atoms with E-state index >= 15 is 0 Å². The summed E-state index contributed by atoms with van der Waals surface area (Å²) in [6.07, 6.45) is 0. The van der Waals surface area contributed by atoms with E-state index in [2.05, 4.69) is 0 Å². The van der Waals surface area contributed by atoms with E-state index in [1.54, 1.807) is 19.1 Å². The maximum Gasteiger partial charge on any atom is 0.160 e. The van der Waals surface area contributed by atoms with Crippen molar-refractivity contribution in [1.29, 1.82) is 5.41 Å². The highest BCUT2D eigenvalue weighted by Crippen LogP contribution is 2.09.